The number of nitrogens with two attached hydrogens (primary N) is 1. The van der Waals surface area contributed by atoms with E-state index < -0.39 is 0 Å². The molecule has 1 aromatic rings. The van der Waals surface area contributed by atoms with E-state index in [2.05, 4.69) is 9.88 Å². The van der Waals surface area contributed by atoms with E-state index in [1.807, 2.05) is 23.9 Å². The van der Waals surface area contributed by atoms with Crippen LogP contribution in [0.4, 0.5) is 5.69 Å². The van der Waals surface area contributed by atoms with Gasteiger partial charge in [-0.15, -0.1) is 0 Å². The van der Waals surface area contributed by atoms with Crippen LogP contribution in [0.3, 0.4) is 0 Å². The van der Waals surface area contributed by atoms with Crippen molar-refractivity contribution in [3.8, 4) is 0 Å². The standard InChI is InChI=1S/C10H14N4S/c11-10(12)9-8(2-1-3-13-9)14-4-6-15-7-5-14/h1-3H,4-7H2,(H3,11,12). The largest absolute Gasteiger partial charge is 0.382 e. The molecule has 0 unspecified atom stereocenters. The summed E-state index contributed by atoms with van der Waals surface area (Å²) in [5.41, 5.74) is 7.10. The third-order valence-electron chi connectivity index (χ3n) is 2.39. The van der Waals surface area contributed by atoms with Gasteiger partial charge in [0, 0.05) is 30.8 Å². The summed E-state index contributed by atoms with van der Waals surface area (Å²) in [5.74, 6) is 2.31. The van der Waals surface area contributed by atoms with E-state index in [0.29, 0.717) is 5.69 Å². The van der Waals surface area contributed by atoms with Crippen molar-refractivity contribution >= 4 is 23.3 Å². The van der Waals surface area contributed by atoms with Gasteiger partial charge in [0.25, 0.3) is 0 Å². The minimum Gasteiger partial charge on any atom is -0.382 e. The topological polar surface area (TPSA) is 66.0 Å². The lowest BCUT2D eigenvalue weighted by Gasteiger charge is -2.29. The number of nitrogen functional groups attached to an aromatic ring is 1. The molecule has 1 aliphatic heterocycles. The van der Waals surface area contributed by atoms with Crippen LogP contribution in [0.15, 0.2) is 18.3 Å². The van der Waals surface area contributed by atoms with Crippen LogP contribution >= 0.6 is 11.8 Å². The van der Waals surface area contributed by atoms with Crippen LogP contribution in [-0.4, -0.2) is 35.4 Å². The summed E-state index contributed by atoms with van der Waals surface area (Å²) in [5, 5.41) is 7.48. The predicted molar refractivity (Wildman–Crippen MR) is 64.8 cm³/mol. The summed E-state index contributed by atoms with van der Waals surface area (Å²) in [6, 6.07) is 3.88. The number of rotatable bonds is 2. The smallest absolute Gasteiger partial charge is 0.143 e. The van der Waals surface area contributed by atoms with Gasteiger partial charge in [-0.3, -0.25) is 10.4 Å². The van der Waals surface area contributed by atoms with E-state index in [-0.39, 0.29) is 5.84 Å². The number of amidine groups is 1. The lowest BCUT2D eigenvalue weighted by molar-refractivity contribution is 0.853. The van der Waals surface area contributed by atoms with Gasteiger partial charge in [-0.2, -0.15) is 11.8 Å². The second-order valence-corrected chi connectivity index (χ2v) is 4.61. The minimum absolute atomic E-state index is 0.0452. The van der Waals surface area contributed by atoms with Crippen molar-refractivity contribution in [2.24, 2.45) is 5.73 Å². The number of nitrogens with one attached hydrogen (secondary N) is 1. The molecule has 80 valence electrons. The Hall–Kier alpha value is -1.23. The van der Waals surface area contributed by atoms with E-state index in [1.165, 1.54) is 0 Å². The summed E-state index contributed by atoms with van der Waals surface area (Å²) in [7, 11) is 0. The number of hydrogen-bond donors (Lipinski definition) is 2. The van der Waals surface area contributed by atoms with Crippen LogP contribution < -0.4 is 10.6 Å². The average molecular weight is 222 g/mol. The molecule has 1 aromatic heterocycles. The lowest BCUT2D eigenvalue weighted by Crippen LogP contribution is -2.34. The predicted octanol–water partition coefficient (Wildman–Crippen LogP) is 0.919. The number of thioether (sulfide) groups is 1. The minimum atomic E-state index is 0.0452. The third kappa shape index (κ3) is 2.23. The van der Waals surface area contributed by atoms with E-state index >= 15 is 0 Å². The summed E-state index contributed by atoms with van der Waals surface area (Å²) in [4.78, 5) is 6.41. The Labute approximate surface area is 93.4 Å². The first kappa shape index (κ1) is 10.3. The summed E-state index contributed by atoms with van der Waals surface area (Å²) in [6.07, 6.45) is 1.68. The highest BCUT2D eigenvalue weighted by Crippen LogP contribution is 2.21. The van der Waals surface area contributed by atoms with E-state index in [0.717, 1.165) is 30.3 Å². The van der Waals surface area contributed by atoms with Crippen molar-refractivity contribution < 1.29 is 0 Å². The highest BCUT2D eigenvalue weighted by atomic mass is 32.2. The van der Waals surface area contributed by atoms with Crippen molar-refractivity contribution in [2.45, 2.75) is 0 Å². The van der Waals surface area contributed by atoms with Gasteiger partial charge in [0.15, 0.2) is 0 Å². The molecule has 3 N–H and O–H groups in total. The molecule has 0 atom stereocenters. The second kappa shape index (κ2) is 4.53. The molecule has 0 saturated carbocycles. The van der Waals surface area contributed by atoms with Crippen molar-refractivity contribution in [1.29, 1.82) is 5.41 Å². The first-order valence-corrected chi connectivity index (χ1v) is 6.06. The quantitative estimate of drug-likeness (QED) is 0.577. The zero-order valence-corrected chi connectivity index (χ0v) is 9.26. The molecule has 0 amide bonds. The molecule has 2 heterocycles. The van der Waals surface area contributed by atoms with Crippen molar-refractivity contribution in [1.82, 2.24) is 4.98 Å². The number of pyridine rings is 1. The zero-order valence-electron chi connectivity index (χ0n) is 8.44. The normalized spacial score (nSPS) is 16.4. The zero-order chi connectivity index (χ0) is 10.7. The first-order valence-electron chi connectivity index (χ1n) is 4.91. The Morgan fingerprint density at radius 3 is 2.87 bits per heavy atom. The Bertz CT molecular complexity index is 360. The fourth-order valence-electron chi connectivity index (χ4n) is 1.66. The van der Waals surface area contributed by atoms with Crippen molar-refractivity contribution in [3.05, 3.63) is 24.0 Å². The van der Waals surface area contributed by atoms with Crippen LogP contribution in [-0.2, 0) is 0 Å². The van der Waals surface area contributed by atoms with Gasteiger partial charge in [-0.25, -0.2) is 0 Å². The van der Waals surface area contributed by atoms with Gasteiger partial charge >= 0.3 is 0 Å². The maximum absolute atomic E-state index is 7.48. The van der Waals surface area contributed by atoms with Gasteiger partial charge in [-0.05, 0) is 12.1 Å². The molecule has 2 rings (SSSR count). The molecular weight excluding hydrogens is 208 g/mol. The first-order chi connectivity index (χ1) is 7.29. The van der Waals surface area contributed by atoms with E-state index in [9.17, 15) is 0 Å². The highest BCUT2D eigenvalue weighted by Gasteiger charge is 2.16. The number of anilines is 1. The van der Waals surface area contributed by atoms with Crippen molar-refractivity contribution in [3.63, 3.8) is 0 Å². The van der Waals surface area contributed by atoms with E-state index in [4.69, 9.17) is 11.1 Å². The van der Waals surface area contributed by atoms with Gasteiger partial charge in [0.05, 0.1) is 5.69 Å². The monoisotopic (exact) mass is 222 g/mol. The molecule has 0 spiro atoms. The van der Waals surface area contributed by atoms with Gasteiger partial charge in [0.1, 0.15) is 11.5 Å². The second-order valence-electron chi connectivity index (χ2n) is 3.38. The molecule has 1 fully saturated rings. The Balaban J connectivity index is 2.29. The molecule has 5 heteroatoms. The lowest BCUT2D eigenvalue weighted by atomic mass is 10.2. The number of nitrogens with zero attached hydrogens (tertiary/aromatic N) is 2. The Morgan fingerprint density at radius 2 is 2.20 bits per heavy atom. The summed E-state index contributed by atoms with van der Waals surface area (Å²) < 4.78 is 0. The molecule has 0 aromatic carbocycles. The van der Waals surface area contributed by atoms with Crippen LogP contribution in [0.1, 0.15) is 5.69 Å². The fraction of sp³-hybridized carbons (Fsp3) is 0.400. The molecule has 0 bridgehead atoms. The highest BCUT2D eigenvalue weighted by molar-refractivity contribution is 7.99. The number of aromatic nitrogens is 1. The Kier molecular flexibility index (Phi) is 3.11. The van der Waals surface area contributed by atoms with E-state index in [1.54, 1.807) is 6.20 Å². The van der Waals surface area contributed by atoms with Crippen LogP contribution in [0.25, 0.3) is 0 Å². The fourth-order valence-corrected chi connectivity index (χ4v) is 2.57. The van der Waals surface area contributed by atoms with Crippen LogP contribution in [0.5, 0.6) is 0 Å². The van der Waals surface area contributed by atoms with Crippen molar-refractivity contribution in [2.75, 3.05) is 29.5 Å². The molecule has 1 saturated heterocycles. The van der Waals surface area contributed by atoms with Crippen LogP contribution in [0, 0.1) is 5.41 Å². The van der Waals surface area contributed by atoms with Gasteiger partial charge in [0.2, 0.25) is 0 Å². The maximum Gasteiger partial charge on any atom is 0.143 e. The number of hydrogen-bond acceptors (Lipinski definition) is 4. The van der Waals surface area contributed by atoms with Gasteiger partial charge < -0.3 is 10.6 Å². The Morgan fingerprint density at radius 1 is 1.47 bits per heavy atom. The maximum atomic E-state index is 7.48. The molecule has 1 aliphatic rings. The molecule has 15 heavy (non-hydrogen) atoms. The third-order valence-corrected chi connectivity index (χ3v) is 3.34. The molecule has 0 radical (unpaired) electrons. The van der Waals surface area contributed by atoms with Crippen LogP contribution in [0.2, 0.25) is 0 Å². The average Bonchev–Trinajstić information content (AvgIpc) is 2.30. The summed E-state index contributed by atoms with van der Waals surface area (Å²) in [6.45, 7) is 2.02. The molecule has 4 nitrogen and oxygen atoms in total. The molecule has 0 aliphatic carbocycles. The summed E-state index contributed by atoms with van der Waals surface area (Å²) >= 11 is 1.96. The molecular formula is C10H14N4S. The van der Waals surface area contributed by atoms with Gasteiger partial charge in [-0.1, -0.05) is 0 Å². The SMILES string of the molecule is N=C(N)c1ncccc1N1CCSCC1.